The Morgan fingerprint density at radius 2 is 1.79 bits per heavy atom. The van der Waals surface area contributed by atoms with E-state index in [-0.39, 0.29) is 10.6 Å². The number of fused-ring (bicyclic) bond motifs is 3. The van der Waals surface area contributed by atoms with Crippen LogP contribution in [0.25, 0.3) is 21.7 Å². The Bertz CT molecular complexity index is 1420. The highest BCUT2D eigenvalue weighted by atomic mass is 32.2. The summed E-state index contributed by atoms with van der Waals surface area (Å²) in [4.78, 5) is 13.0. The van der Waals surface area contributed by atoms with E-state index in [0.717, 1.165) is 5.39 Å². The van der Waals surface area contributed by atoms with Crippen molar-refractivity contribution in [2.45, 2.75) is 10.1 Å². The summed E-state index contributed by atoms with van der Waals surface area (Å²) in [6.45, 7) is 0. The van der Waals surface area contributed by atoms with Gasteiger partial charge in [0.25, 0.3) is 0 Å². The molecule has 0 fully saturated rings. The molecule has 0 aliphatic rings. The van der Waals surface area contributed by atoms with Crippen LogP contribution in [-0.4, -0.2) is 29.2 Å². The second-order valence-electron chi connectivity index (χ2n) is 6.53. The maximum atomic E-state index is 13.8. The number of sulfone groups is 1. The van der Waals surface area contributed by atoms with Gasteiger partial charge in [-0.05, 0) is 35.7 Å². The molecule has 3 aromatic carbocycles. The normalized spacial score (nSPS) is 12.7. The Morgan fingerprint density at radius 3 is 2.48 bits per heavy atom. The molecule has 1 aromatic heterocycles. The number of nitrogens with zero attached hydrogens (tertiary/aromatic N) is 3. The summed E-state index contributed by atoms with van der Waals surface area (Å²) < 4.78 is 40.9. The molecule has 8 heteroatoms. The number of benzene rings is 3. The zero-order valence-electron chi connectivity index (χ0n) is 15.2. The average Bonchev–Trinajstić information content (AvgIpc) is 3.06. The molecule has 0 spiro atoms. The molecule has 1 atom stereocenters. The Balaban J connectivity index is 1.90. The number of carbonyl (C=O) groups is 1. The molecule has 0 aliphatic heterocycles. The highest BCUT2D eigenvalue weighted by molar-refractivity contribution is 7.93. The van der Waals surface area contributed by atoms with Crippen molar-refractivity contribution in [2.75, 3.05) is 0 Å². The number of Topliss-reactive ketones (excluding diaryl/α,β-unsaturated/α-hetero) is 1. The van der Waals surface area contributed by atoms with E-state index < -0.39 is 26.7 Å². The number of halogens is 1. The first-order valence-electron chi connectivity index (χ1n) is 8.62. The molecule has 29 heavy (non-hydrogen) atoms. The molecule has 4 aromatic rings. The third kappa shape index (κ3) is 2.96. The highest BCUT2D eigenvalue weighted by Gasteiger charge is 2.37. The summed E-state index contributed by atoms with van der Waals surface area (Å²) in [5.41, 5.74) is 0.346. The average molecular weight is 407 g/mol. The predicted octanol–water partition coefficient (Wildman–Crippen LogP) is 3.41. The standard InChI is InChI=1S/C21H14FN3O3S/c1-25-20-16(10-8-13-7-9-14(22)11-17(13)20)19(24-25)21(26)18(12-23)29(27,28)15-5-3-2-4-6-15/h2-11,18H,1H3. The lowest BCUT2D eigenvalue weighted by molar-refractivity contribution is 0.0996. The van der Waals surface area contributed by atoms with Gasteiger partial charge < -0.3 is 0 Å². The van der Waals surface area contributed by atoms with Crippen LogP contribution in [-0.2, 0) is 16.9 Å². The van der Waals surface area contributed by atoms with Gasteiger partial charge in [0.2, 0.25) is 20.9 Å². The Kier molecular flexibility index (Phi) is 4.40. The van der Waals surface area contributed by atoms with Crippen molar-refractivity contribution in [3.05, 3.63) is 72.2 Å². The lowest BCUT2D eigenvalue weighted by Gasteiger charge is -2.09. The third-order valence-corrected chi connectivity index (χ3v) is 6.62. The van der Waals surface area contributed by atoms with E-state index >= 15 is 0 Å². The van der Waals surface area contributed by atoms with Gasteiger partial charge in [0.15, 0.2) is 0 Å². The van der Waals surface area contributed by atoms with Crippen LogP contribution in [0.3, 0.4) is 0 Å². The van der Waals surface area contributed by atoms with Crippen molar-refractivity contribution in [2.24, 2.45) is 7.05 Å². The maximum absolute atomic E-state index is 13.8. The summed E-state index contributed by atoms with van der Waals surface area (Å²) in [6.07, 6.45) is 0. The molecular weight excluding hydrogens is 393 g/mol. The van der Waals surface area contributed by atoms with E-state index in [4.69, 9.17) is 0 Å². The Labute approximate surface area is 165 Å². The van der Waals surface area contributed by atoms with E-state index in [1.165, 1.54) is 41.1 Å². The van der Waals surface area contributed by atoms with Gasteiger partial charge in [-0.25, -0.2) is 12.8 Å². The minimum absolute atomic E-state index is 0.118. The molecular formula is C21H14FN3O3S. The summed E-state index contributed by atoms with van der Waals surface area (Å²) in [6, 6.07) is 16.5. The van der Waals surface area contributed by atoms with Crippen LogP contribution in [0, 0.1) is 17.1 Å². The first-order valence-corrected chi connectivity index (χ1v) is 10.2. The fraction of sp³-hybridized carbons (Fsp3) is 0.0952. The van der Waals surface area contributed by atoms with Gasteiger partial charge in [-0.15, -0.1) is 0 Å². The van der Waals surface area contributed by atoms with Crippen LogP contribution in [0.1, 0.15) is 10.5 Å². The fourth-order valence-corrected chi connectivity index (χ4v) is 4.73. The number of hydrogen-bond acceptors (Lipinski definition) is 5. The monoisotopic (exact) mass is 407 g/mol. The molecule has 0 saturated heterocycles. The lowest BCUT2D eigenvalue weighted by atomic mass is 10.0. The van der Waals surface area contributed by atoms with Crippen LogP contribution in [0.2, 0.25) is 0 Å². The van der Waals surface area contributed by atoms with E-state index in [1.54, 1.807) is 37.4 Å². The maximum Gasteiger partial charge on any atom is 0.216 e. The summed E-state index contributed by atoms with van der Waals surface area (Å²) in [5.74, 6) is -1.36. The van der Waals surface area contributed by atoms with Crippen LogP contribution in [0.5, 0.6) is 0 Å². The van der Waals surface area contributed by atoms with Gasteiger partial charge in [0, 0.05) is 17.8 Å². The fourth-order valence-electron chi connectivity index (χ4n) is 3.39. The van der Waals surface area contributed by atoms with E-state index in [9.17, 15) is 22.9 Å². The third-order valence-electron chi connectivity index (χ3n) is 4.75. The summed E-state index contributed by atoms with van der Waals surface area (Å²) >= 11 is 0. The minimum Gasteiger partial charge on any atom is -0.290 e. The molecule has 4 rings (SSSR count). The number of rotatable bonds is 4. The van der Waals surface area contributed by atoms with Crippen molar-refractivity contribution in [3.63, 3.8) is 0 Å². The van der Waals surface area contributed by atoms with Crippen molar-refractivity contribution >= 4 is 37.3 Å². The molecule has 0 saturated carbocycles. The van der Waals surface area contributed by atoms with Gasteiger partial charge in [0.05, 0.1) is 16.5 Å². The number of nitriles is 1. The van der Waals surface area contributed by atoms with Gasteiger partial charge in [-0.3, -0.25) is 9.48 Å². The van der Waals surface area contributed by atoms with Crippen LogP contribution in [0.15, 0.2) is 65.6 Å². The molecule has 1 heterocycles. The minimum atomic E-state index is -4.23. The zero-order valence-corrected chi connectivity index (χ0v) is 16.0. The second kappa shape index (κ2) is 6.79. The SMILES string of the molecule is Cn1nc(C(=O)C(C#N)S(=O)(=O)c2ccccc2)c2ccc3ccc(F)cc3c21. The first kappa shape index (κ1) is 18.8. The topological polar surface area (TPSA) is 92.8 Å². The number of aromatic nitrogens is 2. The van der Waals surface area contributed by atoms with E-state index in [1.807, 2.05) is 0 Å². The van der Waals surface area contributed by atoms with Gasteiger partial charge in [-0.2, -0.15) is 10.4 Å². The molecule has 0 bridgehead atoms. The molecule has 144 valence electrons. The molecule has 0 radical (unpaired) electrons. The van der Waals surface area contributed by atoms with Crippen LogP contribution >= 0.6 is 0 Å². The van der Waals surface area contributed by atoms with Gasteiger partial charge in [-0.1, -0.05) is 30.3 Å². The van der Waals surface area contributed by atoms with Crippen molar-refractivity contribution in [1.82, 2.24) is 9.78 Å². The number of hydrogen-bond donors (Lipinski definition) is 0. The molecule has 0 aliphatic carbocycles. The first-order chi connectivity index (χ1) is 13.8. The van der Waals surface area contributed by atoms with E-state index in [2.05, 4.69) is 5.10 Å². The molecule has 0 amide bonds. The number of aryl methyl sites for hydroxylation is 1. The smallest absolute Gasteiger partial charge is 0.216 e. The van der Waals surface area contributed by atoms with Gasteiger partial charge >= 0.3 is 0 Å². The Morgan fingerprint density at radius 1 is 1.10 bits per heavy atom. The molecule has 1 unspecified atom stereocenters. The van der Waals surface area contributed by atoms with Gasteiger partial charge in [0.1, 0.15) is 11.5 Å². The van der Waals surface area contributed by atoms with Crippen LogP contribution in [0.4, 0.5) is 4.39 Å². The lowest BCUT2D eigenvalue weighted by Crippen LogP contribution is -2.29. The van der Waals surface area contributed by atoms with Crippen molar-refractivity contribution in [1.29, 1.82) is 5.26 Å². The second-order valence-corrected chi connectivity index (χ2v) is 8.56. The number of carbonyl (C=O) groups excluding carboxylic acids is 1. The highest BCUT2D eigenvalue weighted by Crippen LogP contribution is 2.30. The van der Waals surface area contributed by atoms with Crippen molar-refractivity contribution < 1.29 is 17.6 Å². The number of ketones is 1. The summed E-state index contributed by atoms with van der Waals surface area (Å²) in [7, 11) is -2.65. The quantitative estimate of drug-likeness (QED) is 0.483. The predicted molar refractivity (Wildman–Crippen MR) is 106 cm³/mol. The zero-order chi connectivity index (χ0) is 20.8. The Hall–Kier alpha value is -3.57. The largest absolute Gasteiger partial charge is 0.290 e. The van der Waals surface area contributed by atoms with E-state index in [0.29, 0.717) is 16.3 Å². The summed E-state index contributed by atoms with van der Waals surface area (Å²) in [5, 5.41) is 13.4. The molecule has 0 N–H and O–H groups in total. The van der Waals surface area contributed by atoms with Crippen molar-refractivity contribution in [3.8, 4) is 6.07 Å². The van der Waals surface area contributed by atoms with Crippen LogP contribution < -0.4 is 0 Å². The molecule has 6 nitrogen and oxygen atoms in total.